The number of hydrogen-bond donors (Lipinski definition) is 0. The van der Waals surface area contributed by atoms with Crippen molar-refractivity contribution in [1.29, 1.82) is 0 Å². The third-order valence-corrected chi connectivity index (χ3v) is 5.83. The van der Waals surface area contributed by atoms with E-state index in [4.69, 9.17) is 4.74 Å². The van der Waals surface area contributed by atoms with Crippen molar-refractivity contribution in [3.63, 3.8) is 0 Å². The van der Waals surface area contributed by atoms with Gasteiger partial charge in [0, 0.05) is 31.2 Å². The Balaban J connectivity index is 1.38. The molecule has 0 radical (unpaired) electrons. The van der Waals surface area contributed by atoms with Crippen molar-refractivity contribution < 1.29 is 19.1 Å². The van der Waals surface area contributed by atoms with Crippen LogP contribution >= 0.6 is 0 Å². The summed E-state index contributed by atoms with van der Waals surface area (Å²) in [7, 11) is 0. The lowest BCUT2D eigenvalue weighted by atomic mass is 10.0. The lowest BCUT2D eigenvalue weighted by Crippen LogP contribution is -2.52. The van der Waals surface area contributed by atoms with Gasteiger partial charge in [0.05, 0.1) is 6.54 Å². The van der Waals surface area contributed by atoms with E-state index in [1.807, 2.05) is 23.1 Å². The third kappa shape index (κ3) is 3.50. The molecule has 0 N–H and O–H groups in total. The Labute approximate surface area is 158 Å². The summed E-state index contributed by atoms with van der Waals surface area (Å²) in [5.41, 5.74) is 0.628. The van der Waals surface area contributed by atoms with Crippen LogP contribution in [0.1, 0.15) is 36.0 Å². The van der Waals surface area contributed by atoms with E-state index in [2.05, 4.69) is 0 Å². The number of nitrogens with zero attached hydrogens (tertiary/aromatic N) is 3. The minimum Gasteiger partial charge on any atom is -0.448 e. The lowest BCUT2D eigenvalue weighted by molar-refractivity contribution is -0.136. The van der Waals surface area contributed by atoms with Gasteiger partial charge >= 0.3 is 6.09 Å². The van der Waals surface area contributed by atoms with Crippen LogP contribution in [0.4, 0.5) is 4.79 Å². The van der Waals surface area contributed by atoms with Crippen molar-refractivity contribution in [3.05, 3.63) is 35.9 Å². The van der Waals surface area contributed by atoms with Crippen LogP contribution in [-0.4, -0.2) is 77.5 Å². The average Bonchev–Trinajstić information content (AvgIpc) is 3.37. The van der Waals surface area contributed by atoms with Crippen LogP contribution in [0.25, 0.3) is 0 Å². The Morgan fingerprint density at radius 2 is 1.70 bits per heavy atom. The number of ether oxygens (including phenoxy) is 1. The first kappa shape index (κ1) is 17.8. The highest BCUT2D eigenvalue weighted by atomic mass is 16.6. The number of benzene rings is 1. The van der Waals surface area contributed by atoms with E-state index in [0.717, 1.165) is 25.7 Å². The number of likely N-dealkylation sites (tertiary alicyclic amines) is 2. The van der Waals surface area contributed by atoms with Crippen molar-refractivity contribution in [2.24, 2.45) is 0 Å². The molecule has 3 amide bonds. The number of carbonyl (C=O) groups is 3. The van der Waals surface area contributed by atoms with E-state index in [1.165, 1.54) is 0 Å². The van der Waals surface area contributed by atoms with E-state index in [1.54, 1.807) is 21.9 Å². The summed E-state index contributed by atoms with van der Waals surface area (Å²) < 4.78 is 5.02. The number of cyclic esters (lactones) is 1. The normalized spacial score (nSPS) is 23.6. The van der Waals surface area contributed by atoms with E-state index < -0.39 is 0 Å². The van der Waals surface area contributed by atoms with Crippen molar-refractivity contribution in [2.45, 2.75) is 37.8 Å². The van der Waals surface area contributed by atoms with E-state index in [9.17, 15) is 14.4 Å². The molecule has 3 aliphatic heterocycles. The molecule has 0 spiro atoms. The number of amides is 3. The highest BCUT2D eigenvalue weighted by molar-refractivity contribution is 5.98. The Morgan fingerprint density at radius 3 is 2.37 bits per heavy atom. The van der Waals surface area contributed by atoms with Crippen molar-refractivity contribution in [3.8, 4) is 0 Å². The van der Waals surface area contributed by atoms with Gasteiger partial charge in [-0.3, -0.25) is 9.59 Å². The Kier molecular flexibility index (Phi) is 5.01. The average molecular weight is 371 g/mol. The van der Waals surface area contributed by atoms with Crippen molar-refractivity contribution >= 4 is 17.9 Å². The van der Waals surface area contributed by atoms with Crippen LogP contribution in [-0.2, 0) is 9.53 Å². The molecule has 7 heteroatoms. The van der Waals surface area contributed by atoms with Gasteiger partial charge in [-0.05, 0) is 37.8 Å². The van der Waals surface area contributed by atoms with Gasteiger partial charge in [-0.25, -0.2) is 4.79 Å². The fourth-order valence-corrected chi connectivity index (χ4v) is 4.36. The van der Waals surface area contributed by atoms with Crippen molar-refractivity contribution in [1.82, 2.24) is 14.7 Å². The topological polar surface area (TPSA) is 70.2 Å². The fraction of sp³-hybridized carbons (Fsp3) is 0.550. The third-order valence-electron chi connectivity index (χ3n) is 5.83. The summed E-state index contributed by atoms with van der Waals surface area (Å²) in [6, 6.07) is 8.93. The predicted molar refractivity (Wildman–Crippen MR) is 98.2 cm³/mol. The molecule has 3 aliphatic rings. The first-order valence-electron chi connectivity index (χ1n) is 9.73. The molecule has 4 rings (SSSR count). The first-order valence-corrected chi connectivity index (χ1v) is 9.73. The van der Waals surface area contributed by atoms with Crippen LogP contribution in [0.3, 0.4) is 0 Å². The maximum atomic E-state index is 13.1. The minimum atomic E-state index is -0.369. The van der Waals surface area contributed by atoms with Crippen LogP contribution in [0, 0.1) is 0 Å². The number of rotatable bonds is 3. The zero-order chi connectivity index (χ0) is 18.8. The Hall–Kier alpha value is -2.57. The molecule has 3 heterocycles. The lowest BCUT2D eigenvalue weighted by Gasteiger charge is -2.37. The molecule has 0 saturated carbocycles. The molecule has 1 atom stereocenters. The van der Waals surface area contributed by atoms with Crippen LogP contribution in [0.15, 0.2) is 30.3 Å². The SMILES string of the molecule is O=C([C@H]1CCCN1C(=O)c1ccccc1)N1CCC(N2CCOC2=O)CC1. The van der Waals surface area contributed by atoms with Gasteiger partial charge in [-0.15, -0.1) is 0 Å². The van der Waals surface area contributed by atoms with Gasteiger partial charge in [0.1, 0.15) is 12.6 Å². The molecule has 7 nitrogen and oxygen atoms in total. The molecule has 3 saturated heterocycles. The maximum absolute atomic E-state index is 13.1. The summed E-state index contributed by atoms with van der Waals surface area (Å²) >= 11 is 0. The molecular formula is C20H25N3O4. The summed E-state index contributed by atoms with van der Waals surface area (Å²) in [6.07, 6.45) is 2.86. The van der Waals surface area contributed by atoms with Gasteiger partial charge < -0.3 is 19.4 Å². The largest absolute Gasteiger partial charge is 0.448 e. The van der Waals surface area contributed by atoms with Gasteiger partial charge in [0.2, 0.25) is 5.91 Å². The second-order valence-corrected chi connectivity index (χ2v) is 7.39. The molecule has 27 heavy (non-hydrogen) atoms. The molecule has 0 aliphatic carbocycles. The standard InChI is InChI=1S/C20H25N3O4/c24-18(15-5-2-1-3-6-15)23-10-4-7-17(23)19(25)21-11-8-16(9-12-21)22-13-14-27-20(22)26/h1-3,5-6,16-17H,4,7-14H2/t17-/m1/s1. The monoisotopic (exact) mass is 371 g/mol. The van der Waals surface area contributed by atoms with Crippen molar-refractivity contribution in [2.75, 3.05) is 32.8 Å². The van der Waals surface area contributed by atoms with Gasteiger partial charge in [0.25, 0.3) is 5.91 Å². The second kappa shape index (κ2) is 7.58. The van der Waals surface area contributed by atoms with E-state index >= 15 is 0 Å². The first-order chi connectivity index (χ1) is 13.1. The molecule has 0 aromatic heterocycles. The van der Waals surface area contributed by atoms with Crippen LogP contribution in [0.5, 0.6) is 0 Å². The van der Waals surface area contributed by atoms with Crippen LogP contribution < -0.4 is 0 Å². The summed E-state index contributed by atoms with van der Waals surface area (Å²) in [4.78, 5) is 43.0. The number of carbonyl (C=O) groups excluding carboxylic acids is 3. The molecule has 3 fully saturated rings. The Morgan fingerprint density at radius 1 is 0.963 bits per heavy atom. The zero-order valence-corrected chi connectivity index (χ0v) is 15.4. The highest BCUT2D eigenvalue weighted by Gasteiger charge is 2.39. The minimum absolute atomic E-state index is 0.0410. The van der Waals surface area contributed by atoms with Gasteiger partial charge in [-0.2, -0.15) is 0 Å². The van der Waals surface area contributed by atoms with E-state index in [-0.39, 0.29) is 30.0 Å². The molecule has 1 aromatic rings. The highest BCUT2D eigenvalue weighted by Crippen LogP contribution is 2.25. The molecule has 0 unspecified atom stereocenters. The smallest absolute Gasteiger partial charge is 0.410 e. The number of piperidine rings is 1. The maximum Gasteiger partial charge on any atom is 0.410 e. The van der Waals surface area contributed by atoms with Gasteiger partial charge in [-0.1, -0.05) is 18.2 Å². The zero-order valence-electron chi connectivity index (χ0n) is 15.4. The second-order valence-electron chi connectivity index (χ2n) is 7.39. The van der Waals surface area contributed by atoms with Crippen LogP contribution in [0.2, 0.25) is 0 Å². The summed E-state index contributed by atoms with van der Waals surface area (Å²) in [5, 5.41) is 0. The van der Waals surface area contributed by atoms with E-state index in [0.29, 0.717) is 38.3 Å². The molecule has 1 aromatic carbocycles. The summed E-state index contributed by atoms with van der Waals surface area (Å²) in [6.45, 7) is 2.96. The van der Waals surface area contributed by atoms with Gasteiger partial charge in [0.15, 0.2) is 0 Å². The number of hydrogen-bond acceptors (Lipinski definition) is 4. The molecular weight excluding hydrogens is 346 g/mol. The predicted octanol–water partition coefficient (Wildman–Crippen LogP) is 1.73. The quantitative estimate of drug-likeness (QED) is 0.811. The fourth-order valence-electron chi connectivity index (χ4n) is 4.36. The molecule has 0 bridgehead atoms. The molecule has 144 valence electrons. The Bertz CT molecular complexity index is 715. The summed E-state index contributed by atoms with van der Waals surface area (Å²) in [5.74, 6) is -0.0274.